The molecule has 0 saturated carbocycles. The third-order valence-electron chi connectivity index (χ3n) is 2.41. The molecule has 0 spiro atoms. The van der Waals surface area contributed by atoms with E-state index in [0.29, 0.717) is 12.5 Å². The smallest absolute Gasteiger partial charge is 0.213 e. The van der Waals surface area contributed by atoms with Gasteiger partial charge in [0.15, 0.2) is 0 Å². The normalized spacial score (nSPS) is 9.74. The van der Waals surface area contributed by atoms with Gasteiger partial charge in [0.1, 0.15) is 6.61 Å². The van der Waals surface area contributed by atoms with Crippen LogP contribution in [0.1, 0.15) is 5.56 Å². The van der Waals surface area contributed by atoms with E-state index in [-0.39, 0.29) is 12.4 Å². The van der Waals surface area contributed by atoms with E-state index in [0.717, 1.165) is 18.1 Å². The number of hydrogen-bond acceptors (Lipinski definition) is 3. The fourth-order valence-electron chi connectivity index (χ4n) is 1.50. The molecule has 19 heavy (non-hydrogen) atoms. The minimum atomic E-state index is 0. The molecule has 0 unspecified atom stereocenters. The maximum absolute atomic E-state index is 5.82. The van der Waals surface area contributed by atoms with Crippen molar-refractivity contribution in [1.29, 1.82) is 0 Å². The van der Waals surface area contributed by atoms with E-state index >= 15 is 0 Å². The van der Waals surface area contributed by atoms with Crippen LogP contribution in [0, 0.1) is 0 Å². The summed E-state index contributed by atoms with van der Waals surface area (Å²) in [7, 11) is 0. The molecule has 0 radical (unpaired) electrons. The highest BCUT2D eigenvalue weighted by atomic mass is 35.5. The molecule has 0 aliphatic carbocycles. The molecule has 102 valence electrons. The number of halogens is 2. The first kappa shape index (κ1) is 15.8. The van der Waals surface area contributed by atoms with Crippen molar-refractivity contribution in [3.05, 3.63) is 59.2 Å². The van der Waals surface area contributed by atoms with E-state index in [2.05, 4.69) is 10.3 Å². The molecule has 0 atom stereocenters. The van der Waals surface area contributed by atoms with Gasteiger partial charge in [-0.2, -0.15) is 0 Å². The van der Waals surface area contributed by atoms with Crippen molar-refractivity contribution < 1.29 is 4.74 Å². The summed E-state index contributed by atoms with van der Waals surface area (Å²) in [5, 5.41) is 4.06. The lowest BCUT2D eigenvalue weighted by Gasteiger charge is -2.06. The van der Waals surface area contributed by atoms with Gasteiger partial charge in [-0.3, -0.25) is 0 Å². The Morgan fingerprint density at radius 2 is 1.89 bits per heavy atom. The molecule has 1 aromatic heterocycles. The minimum Gasteiger partial charge on any atom is -0.476 e. The van der Waals surface area contributed by atoms with Gasteiger partial charge in [-0.15, -0.1) is 12.4 Å². The molecule has 1 heterocycles. The predicted molar refractivity (Wildman–Crippen MR) is 80.1 cm³/mol. The summed E-state index contributed by atoms with van der Waals surface area (Å²) in [6.45, 7) is 2.19. The van der Waals surface area contributed by atoms with Crippen LogP contribution >= 0.6 is 24.0 Å². The molecule has 2 rings (SSSR count). The van der Waals surface area contributed by atoms with Crippen molar-refractivity contribution in [2.45, 2.75) is 6.54 Å². The summed E-state index contributed by atoms with van der Waals surface area (Å²) in [5.41, 5.74) is 1.21. The van der Waals surface area contributed by atoms with E-state index in [9.17, 15) is 0 Å². The lowest BCUT2D eigenvalue weighted by Crippen LogP contribution is -2.20. The van der Waals surface area contributed by atoms with Gasteiger partial charge in [0.25, 0.3) is 0 Å². The maximum atomic E-state index is 5.82. The Balaban J connectivity index is 0.00000180. The average Bonchev–Trinajstić information content (AvgIpc) is 2.42. The van der Waals surface area contributed by atoms with Gasteiger partial charge < -0.3 is 10.1 Å². The van der Waals surface area contributed by atoms with Crippen LogP contribution in [0.15, 0.2) is 48.7 Å². The second-order valence-corrected chi connectivity index (χ2v) is 4.26. The number of nitrogens with zero attached hydrogens (tertiary/aromatic N) is 1. The molecule has 5 heteroatoms. The molecule has 1 N–H and O–H groups in total. The van der Waals surface area contributed by atoms with E-state index in [4.69, 9.17) is 16.3 Å². The second-order valence-electron chi connectivity index (χ2n) is 3.82. The molecule has 0 aliphatic rings. The monoisotopic (exact) mass is 298 g/mol. The summed E-state index contributed by atoms with van der Waals surface area (Å²) in [4.78, 5) is 4.08. The fraction of sp³-hybridized carbons (Fsp3) is 0.214. The first-order chi connectivity index (χ1) is 8.84. The van der Waals surface area contributed by atoms with E-state index in [1.165, 1.54) is 5.56 Å². The summed E-state index contributed by atoms with van der Waals surface area (Å²) >= 11 is 5.82. The highest BCUT2D eigenvalue weighted by Crippen LogP contribution is 2.09. The molecule has 1 aromatic carbocycles. The summed E-state index contributed by atoms with van der Waals surface area (Å²) < 4.78 is 5.47. The number of nitrogens with one attached hydrogen (secondary N) is 1. The van der Waals surface area contributed by atoms with Crippen LogP contribution in [-0.2, 0) is 6.54 Å². The number of ether oxygens (including phenoxy) is 1. The summed E-state index contributed by atoms with van der Waals surface area (Å²) in [5.74, 6) is 0.658. The third-order valence-corrected chi connectivity index (χ3v) is 2.66. The van der Waals surface area contributed by atoms with Gasteiger partial charge in [-0.05, 0) is 23.8 Å². The molecule has 0 bridgehead atoms. The predicted octanol–water partition coefficient (Wildman–Crippen LogP) is 3.33. The molecular weight excluding hydrogens is 283 g/mol. The standard InChI is InChI=1S/C14H15ClN2O.ClH/c15-13-6-4-12(5-7-13)11-16-9-10-18-14-3-1-2-8-17-14;/h1-8,16H,9-11H2;1H. The molecule has 3 nitrogen and oxygen atoms in total. The van der Waals surface area contributed by atoms with Crippen LogP contribution < -0.4 is 10.1 Å². The van der Waals surface area contributed by atoms with Crippen LogP contribution in [0.25, 0.3) is 0 Å². The minimum absolute atomic E-state index is 0. The zero-order valence-corrected chi connectivity index (χ0v) is 12.0. The van der Waals surface area contributed by atoms with Crippen LogP contribution in [0.3, 0.4) is 0 Å². The van der Waals surface area contributed by atoms with Crippen molar-refractivity contribution in [2.75, 3.05) is 13.2 Å². The number of hydrogen-bond donors (Lipinski definition) is 1. The number of pyridine rings is 1. The Morgan fingerprint density at radius 3 is 2.58 bits per heavy atom. The third kappa shape index (κ3) is 5.92. The molecule has 0 amide bonds. The Hall–Kier alpha value is -1.29. The molecule has 0 saturated heterocycles. The first-order valence-electron chi connectivity index (χ1n) is 5.83. The Labute approximate surface area is 124 Å². The number of rotatable bonds is 6. The van der Waals surface area contributed by atoms with Crippen molar-refractivity contribution in [1.82, 2.24) is 10.3 Å². The fourth-order valence-corrected chi connectivity index (χ4v) is 1.62. The van der Waals surface area contributed by atoms with E-state index < -0.39 is 0 Å². The summed E-state index contributed by atoms with van der Waals surface area (Å²) in [6, 6.07) is 13.4. The van der Waals surface area contributed by atoms with Crippen LogP contribution in [0.2, 0.25) is 5.02 Å². The average molecular weight is 299 g/mol. The van der Waals surface area contributed by atoms with Gasteiger partial charge >= 0.3 is 0 Å². The topological polar surface area (TPSA) is 34.1 Å². The number of benzene rings is 1. The SMILES string of the molecule is Cl.Clc1ccc(CNCCOc2ccccn2)cc1. The van der Waals surface area contributed by atoms with Gasteiger partial charge in [-0.25, -0.2) is 4.98 Å². The quantitative estimate of drug-likeness (QED) is 0.831. The van der Waals surface area contributed by atoms with Crippen molar-refractivity contribution in [3.8, 4) is 5.88 Å². The van der Waals surface area contributed by atoms with Crippen molar-refractivity contribution >= 4 is 24.0 Å². The zero-order valence-electron chi connectivity index (χ0n) is 10.4. The van der Waals surface area contributed by atoms with Crippen LogP contribution in [0.4, 0.5) is 0 Å². The van der Waals surface area contributed by atoms with Crippen LogP contribution in [0.5, 0.6) is 5.88 Å². The zero-order chi connectivity index (χ0) is 12.6. The lowest BCUT2D eigenvalue weighted by molar-refractivity contribution is 0.302. The van der Waals surface area contributed by atoms with E-state index in [1.807, 2.05) is 42.5 Å². The van der Waals surface area contributed by atoms with E-state index in [1.54, 1.807) is 6.20 Å². The van der Waals surface area contributed by atoms with Gasteiger partial charge in [0, 0.05) is 30.4 Å². The second kappa shape index (κ2) is 8.75. The molecule has 0 aliphatic heterocycles. The first-order valence-corrected chi connectivity index (χ1v) is 6.21. The van der Waals surface area contributed by atoms with Crippen molar-refractivity contribution in [3.63, 3.8) is 0 Å². The highest BCUT2D eigenvalue weighted by molar-refractivity contribution is 6.30. The van der Waals surface area contributed by atoms with Crippen molar-refractivity contribution in [2.24, 2.45) is 0 Å². The molecule has 2 aromatic rings. The van der Waals surface area contributed by atoms with Gasteiger partial charge in [0.05, 0.1) is 0 Å². The van der Waals surface area contributed by atoms with Gasteiger partial charge in [0.2, 0.25) is 5.88 Å². The Morgan fingerprint density at radius 1 is 1.11 bits per heavy atom. The Kier molecular flexibility index (Phi) is 7.26. The molecule has 0 fully saturated rings. The maximum Gasteiger partial charge on any atom is 0.213 e. The van der Waals surface area contributed by atoms with Gasteiger partial charge in [-0.1, -0.05) is 29.8 Å². The largest absolute Gasteiger partial charge is 0.476 e. The highest BCUT2D eigenvalue weighted by Gasteiger charge is 1.94. The van der Waals surface area contributed by atoms with Crippen LogP contribution in [-0.4, -0.2) is 18.1 Å². The summed E-state index contributed by atoms with van der Waals surface area (Å²) in [6.07, 6.45) is 1.72. The number of aromatic nitrogens is 1. The Bertz CT molecular complexity index is 463. The lowest BCUT2D eigenvalue weighted by atomic mass is 10.2. The molecular formula is C14H16Cl2N2O.